The van der Waals surface area contributed by atoms with Gasteiger partial charge in [-0.1, -0.05) is 60.7 Å². The van der Waals surface area contributed by atoms with E-state index in [0.717, 1.165) is 17.2 Å². The highest BCUT2D eigenvalue weighted by atomic mass is 16.3. The van der Waals surface area contributed by atoms with Gasteiger partial charge in [-0.2, -0.15) is 0 Å². The number of rotatable bonds is 4. The molecular formula is C21H18N2O4. The van der Waals surface area contributed by atoms with E-state index in [1.165, 1.54) is 12.1 Å². The standard InChI is InChI=1S/C21H18N2O4/c24-16-11-12-17(18(25)13-16)20(26)22-23-21(27)19(14-7-3-1-4-8-14)15-9-5-2-6-10-15/h1-13,19,24-25H,(H,22,26)(H,23,27). The van der Waals surface area contributed by atoms with Crippen molar-refractivity contribution in [2.24, 2.45) is 0 Å². The Bertz CT molecular complexity index is 903. The number of carbonyl (C=O) groups is 2. The lowest BCUT2D eigenvalue weighted by Gasteiger charge is -2.18. The molecule has 2 amide bonds. The summed E-state index contributed by atoms with van der Waals surface area (Å²) < 4.78 is 0. The molecule has 0 radical (unpaired) electrons. The van der Waals surface area contributed by atoms with Crippen LogP contribution in [0.4, 0.5) is 0 Å². The summed E-state index contributed by atoms with van der Waals surface area (Å²) in [5.41, 5.74) is 6.20. The van der Waals surface area contributed by atoms with Crippen molar-refractivity contribution in [1.29, 1.82) is 0 Å². The van der Waals surface area contributed by atoms with Gasteiger partial charge in [0.1, 0.15) is 11.5 Å². The number of nitrogens with one attached hydrogen (secondary N) is 2. The smallest absolute Gasteiger partial charge is 0.273 e. The first-order chi connectivity index (χ1) is 13.1. The van der Waals surface area contributed by atoms with Crippen molar-refractivity contribution in [3.63, 3.8) is 0 Å². The lowest BCUT2D eigenvalue weighted by molar-refractivity contribution is -0.122. The molecule has 6 heteroatoms. The maximum absolute atomic E-state index is 12.8. The molecule has 0 heterocycles. The highest BCUT2D eigenvalue weighted by Crippen LogP contribution is 2.25. The van der Waals surface area contributed by atoms with Crippen molar-refractivity contribution in [3.05, 3.63) is 95.6 Å². The van der Waals surface area contributed by atoms with Gasteiger partial charge in [0.05, 0.1) is 11.5 Å². The predicted octanol–water partition coefficient (Wildman–Crippen LogP) is 2.69. The van der Waals surface area contributed by atoms with Crippen molar-refractivity contribution in [1.82, 2.24) is 10.9 Å². The van der Waals surface area contributed by atoms with Crippen LogP contribution in [0.25, 0.3) is 0 Å². The Hall–Kier alpha value is -3.80. The third kappa shape index (κ3) is 4.24. The average molecular weight is 362 g/mol. The van der Waals surface area contributed by atoms with E-state index < -0.39 is 17.7 Å². The van der Waals surface area contributed by atoms with Gasteiger partial charge in [-0.05, 0) is 23.3 Å². The second kappa shape index (κ2) is 8.05. The lowest BCUT2D eigenvalue weighted by Crippen LogP contribution is -2.44. The van der Waals surface area contributed by atoms with Crippen molar-refractivity contribution >= 4 is 11.8 Å². The number of hydrogen-bond donors (Lipinski definition) is 4. The highest BCUT2D eigenvalue weighted by Gasteiger charge is 2.23. The number of phenols is 2. The minimum atomic E-state index is -0.694. The number of hydrazine groups is 1. The summed E-state index contributed by atoms with van der Waals surface area (Å²) in [6.45, 7) is 0. The van der Waals surface area contributed by atoms with E-state index in [2.05, 4.69) is 10.9 Å². The molecule has 0 aromatic heterocycles. The Kier molecular flexibility index (Phi) is 5.37. The summed E-state index contributed by atoms with van der Waals surface area (Å²) >= 11 is 0. The summed E-state index contributed by atoms with van der Waals surface area (Å²) in [6.07, 6.45) is 0. The fourth-order valence-electron chi connectivity index (χ4n) is 2.76. The van der Waals surface area contributed by atoms with E-state index in [0.29, 0.717) is 0 Å². The fourth-order valence-corrected chi connectivity index (χ4v) is 2.76. The molecule has 3 rings (SSSR count). The molecule has 3 aromatic rings. The summed E-state index contributed by atoms with van der Waals surface area (Å²) in [7, 11) is 0. The van der Waals surface area contributed by atoms with E-state index in [1.54, 1.807) is 0 Å². The van der Waals surface area contributed by atoms with Crippen LogP contribution in [0.5, 0.6) is 11.5 Å². The molecule has 27 heavy (non-hydrogen) atoms. The van der Waals surface area contributed by atoms with E-state index >= 15 is 0 Å². The summed E-state index contributed by atoms with van der Waals surface area (Å²) in [5.74, 6) is -2.27. The summed E-state index contributed by atoms with van der Waals surface area (Å²) in [4.78, 5) is 25.0. The van der Waals surface area contributed by atoms with Crippen LogP contribution < -0.4 is 10.9 Å². The lowest BCUT2D eigenvalue weighted by atomic mass is 9.91. The number of carbonyl (C=O) groups excluding carboxylic acids is 2. The van der Waals surface area contributed by atoms with E-state index in [9.17, 15) is 19.8 Å². The predicted molar refractivity (Wildman–Crippen MR) is 100 cm³/mol. The van der Waals surface area contributed by atoms with Crippen LogP contribution in [-0.4, -0.2) is 22.0 Å². The molecular weight excluding hydrogens is 344 g/mol. The second-order valence-corrected chi connectivity index (χ2v) is 5.90. The second-order valence-electron chi connectivity index (χ2n) is 5.90. The Morgan fingerprint density at radius 2 is 1.30 bits per heavy atom. The van der Waals surface area contributed by atoms with Gasteiger partial charge in [-0.25, -0.2) is 0 Å². The number of phenolic OH excluding ortho intramolecular Hbond substituents is 2. The first-order valence-corrected chi connectivity index (χ1v) is 8.28. The van der Waals surface area contributed by atoms with Crippen molar-refractivity contribution in [3.8, 4) is 11.5 Å². The van der Waals surface area contributed by atoms with Gasteiger partial charge in [-0.3, -0.25) is 20.4 Å². The Morgan fingerprint density at radius 1 is 0.741 bits per heavy atom. The molecule has 0 spiro atoms. The van der Waals surface area contributed by atoms with Gasteiger partial charge in [0.15, 0.2) is 0 Å². The zero-order valence-electron chi connectivity index (χ0n) is 14.3. The molecule has 0 saturated carbocycles. The van der Waals surface area contributed by atoms with Crippen LogP contribution in [-0.2, 0) is 4.79 Å². The number of aromatic hydroxyl groups is 2. The third-order valence-electron chi connectivity index (χ3n) is 4.05. The molecule has 3 aromatic carbocycles. The largest absolute Gasteiger partial charge is 0.508 e. The highest BCUT2D eigenvalue weighted by molar-refractivity contribution is 5.98. The van der Waals surface area contributed by atoms with Crippen LogP contribution in [0, 0.1) is 0 Å². The van der Waals surface area contributed by atoms with E-state index in [4.69, 9.17) is 0 Å². The number of benzene rings is 3. The molecule has 0 aliphatic carbocycles. The molecule has 0 atom stereocenters. The molecule has 0 aliphatic heterocycles. The molecule has 136 valence electrons. The molecule has 0 aliphatic rings. The van der Waals surface area contributed by atoms with Gasteiger partial charge in [-0.15, -0.1) is 0 Å². The van der Waals surface area contributed by atoms with Crippen molar-refractivity contribution in [2.75, 3.05) is 0 Å². The minimum absolute atomic E-state index is 0.0657. The Balaban J connectivity index is 1.78. The number of amides is 2. The van der Waals surface area contributed by atoms with Crippen LogP contribution in [0.3, 0.4) is 0 Å². The molecule has 0 bridgehead atoms. The SMILES string of the molecule is O=C(NNC(=O)C(c1ccccc1)c1ccccc1)c1ccc(O)cc1O. The van der Waals surface area contributed by atoms with E-state index in [1.807, 2.05) is 60.7 Å². The summed E-state index contributed by atoms with van der Waals surface area (Å²) in [6, 6.07) is 22.0. The van der Waals surface area contributed by atoms with Gasteiger partial charge in [0.2, 0.25) is 5.91 Å². The van der Waals surface area contributed by atoms with Crippen LogP contribution in [0.2, 0.25) is 0 Å². The van der Waals surface area contributed by atoms with Crippen LogP contribution >= 0.6 is 0 Å². The quantitative estimate of drug-likeness (QED) is 0.536. The first kappa shape index (κ1) is 18.0. The van der Waals surface area contributed by atoms with Gasteiger partial charge in [0.25, 0.3) is 5.91 Å². The molecule has 0 unspecified atom stereocenters. The Morgan fingerprint density at radius 3 is 1.81 bits per heavy atom. The maximum Gasteiger partial charge on any atom is 0.273 e. The molecule has 0 saturated heterocycles. The maximum atomic E-state index is 12.8. The molecule has 4 N–H and O–H groups in total. The average Bonchev–Trinajstić information content (AvgIpc) is 2.68. The normalized spacial score (nSPS) is 10.4. The van der Waals surface area contributed by atoms with Gasteiger partial charge >= 0.3 is 0 Å². The zero-order chi connectivity index (χ0) is 19.2. The van der Waals surface area contributed by atoms with Crippen LogP contribution in [0.15, 0.2) is 78.9 Å². The van der Waals surface area contributed by atoms with Crippen LogP contribution in [0.1, 0.15) is 27.4 Å². The van der Waals surface area contributed by atoms with Crippen molar-refractivity contribution < 1.29 is 19.8 Å². The third-order valence-corrected chi connectivity index (χ3v) is 4.05. The number of hydrogen-bond acceptors (Lipinski definition) is 4. The summed E-state index contributed by atoms with van der Waals surface area (Å²) in [5, 5.41) is 19.1. The zero-order valence-corrected chi connectivity index (χ0v) is 14.3. The first-order valence-electron chi connectivity index (χ1n) is 8.28. The van der Waals surface area contributed by atoms with Gasteiger partial charge < -0.3 is 10.2 Å². The van der Waals surface area contributed by atoms with Crippen molar-refractivity contribution in [2.45, 2.75) is 5.92 Å². The fraction of sp³-hybridized carbons (Fsp3) is 0.0476. The van der Waals surface area contributed by atoms with E-state index in [-0.39, 0.29) is 17.1 Å². The topological polar surface area (TPSA) is 98.7 Å². The molecule has 0 fully saturated rings. The van der Waals surface area contributed by atoms with Gasteiger partial charge in [0, 0.05) is 6.07 Å². The Labute approximate surface area is 156 Å². The molecule has 6 nitrogen and oxygen atoms in total. The monoisotopic (exact) mass is 362 g/mol. The minimum Gasteiger partial charge on any atom is -0.508 e.